The van der Waals surface area contributed by atoms with Crippen LogP contribution in [0.1, 0.15) is 76.1 Å². The Morgan fingerprint density at radius 2 is 0.812 bits per heavy atom. The molecule has 0 radical (unpaired) electrons. The maximum Gasteiger partial charge on any atom is 0.342 e. The van der Waals surface area contributed by atoms with Gasteiger partial charge in [-0.2, -0.15) is 0 Å². The molecule has 0 N–H and O–H groups in total. The molecule has 1 heterocycles. The maximum absolute atomic E-state index is 13.0. The third kappa shape index (κ3) is 3.01. The highest BCUT2D eigenvalue weighted by Crippen LogP contribution is 2.57. The molecule has 0 amide bonds. The van der Waals surface area contributed by atoms with Crippen molar-refractivity contribution in [2.45, 2.75) is 77.6 Å². The summed E-state index contributed by atoms with van der Waals surface area (Å²) in [7, 11) is 1.32. The van der Waals surface area contributed by atoms with E-state index in [9.17, 15) is 9.59 Å². The second-order valence-electron chi connectivity index (χ2n) is 9.91. The standard InChI is InChI=1S/C24H40O6Si2/c1-13(2)31(14(3)4)21-19(27-9)17(23(25)29-11)18(24(26)30-12)20(28-10)22(21)32(31,15(5)6)16(7)8/h13-16H,1-12H3. The van der Waals surface area contributed by atoms with Crippen molar-refractivity contribution in [1.29, 1.82) is 0 Å². The summed E-state index contributed by atoms with van der Waals surface area (Å²) < 4.78 is 22.2. The van der Waals surface area contributed by atoms with Crippen LogP contribution in [0.5, 0.6) is 11.5 Å². The smallest absolute Gasteiger partial charge is 0.342 e. The van der Waals surface area contributed by atoms with Crippen LogP contribution < -0.4 is 19.8 Å². The van der Waals surface area contributed by atoms with E-state index in [-0.39, 0.29) is 11.1 Å². The first kappa shape index (κ1) is 26.4. The average Bonchev–Trinajstić information content (AvgIpc) is 2.70. The van der Waals surface area contributed by atoms with Gasteiger partial charge >= 0.3 is 11.9 Å². The lowest BCUT2D eigenvalue weighted by Crippen LogP contribution is -2.93. The fraction of sp³-hybridized carbons (Fsp3) is 0.667. The van der Waals surface area contributed by atoms with Crippen molar-refractivity contribution in [2.75, 3.05) is 28.4 Å². The van der Waals surface area contributed by atoms with E-state index in [2.05, 4.69) is 55.4 Å². The highest BCUT2D eigenvalue weighted by molar-refractivity contribution is 7.60. The molecule has 0 aliphatic carbocycles. The maximum atomic E-state index is 13.0. The lowest BCUT2D eigenvalue weighted by molar-refractivity contribution is 0.0549. The van der Waals surface area contributed by atoms with E-state index >= 15 is 0 Å². The predicted octanol–water partition coefficient (Wildman–Crippen LogP) is 4.32. The predicted molar refractivity (Wildman–Crippen MR) is 133 cm³/mol. The number of rotatable bonds is 8. The number of hydrogen-bond acceptors (Lipinski definition) is 6. The van der Waals surface area contributed by atoms with Crippen molar-refractivity contribution in [2.24, 2.45) is 0 Å². The number of carbonyl (C=O) groups is 2. The van der Waals surface area contributed by atoms with E-state index < -0.39 is 27.1 Å². The molecule has 1 aromatic carbocycles. The van der Waals surface area contributed by atoms with Crippen molar-refractivity contribution in [1.82, 2.24) is 0 Å². The van der Waals surface area contributed by atoms with E-state index in [1.807, 2.05) is 0 Å². The van der Waals surface area contributed by atoms with E-state index in [1.54, 1.807) is 14.2 Å². The molecule has 0 spiro atoms. The molecule has 0 unspecified atom stereocenters. The fourth-order valence-electron chi connectivity index (χ4n) is 7.25. The molecule has 0 saturated carbocycles. The SMILES string of the molecule is COC(=O)c1c(OC)c2c(c(OC)c1C(=O)OC)[Si](C(C)C)(C(C)C)[Si]2(C(C)C)C(C)C. The van der Waals surface area contributed by atoms with E-state index in [4.69, 9.17) is 18.9 Å². The van der Waals surface area contributed by atoms with Gasteiger partial charge in [-0.1, -0.05) is 55.4 Å². The second-order valence-corrected chi connectivity index (χ2v) is 24.0. The molecule has 6 nitrogen and oxygen atoms in total. The topological polar surface area (TPSA) is 71.1 Å². The third-order valence-electron chi connectivity index (χ3n) is 7.75. The Bertz CT molecular complexity index is 815. The van der Waals surface area contributed by atoms with Crippen LogP contribution in [0.2, 0.25) is 22.2 Å². The van der Waals surface area contributed by atoms with Crippen LogP contribution in [0.25, 0.3) is 0 Å². The highest BCUT2D eigenvalue weighted by atomic mass is 29.3. The fourth-order valence-corrected chi connectivity index (χ4v) is 34.9. The van der Waals surface area contributed by atoms with Gasteiger partial charge in [0.1, 0.15) is 22.6 Å². The van der Waals surface area contributed by atoms with Crippen molar-refractivity contribution in [3.05, 3.63) is 11.1 Å². The Hall–Kier alpha value is -1.81. The molecular weight excluding hydrogens is 440 g/mol. The summed E-state index contributed by atoms with van der Waals surface area (Å²) in [6, 6.07) is 0. The molecule has 32 heavy (non-hydrogen) atoms. The average molecular weight is 481 g/mol. The number of fused-ring (bicyclic) bond motifs is 1. The minimum absolute atomic E-state index is 0.116. The Morgan fingerprint density at radius 3 is 0.969 bits per heavy atom. The van der Waals surface area contributed by atoms with Crippen LogP contribution >= 0.6 is 0 Å². The molecule has 1 aliphatic heterocycles. The van der Waals surface area contributed by atoms with Crippen molar-refractivity contribution in [3.8, 4) is 11.5 Å². The molecule has 0 aromatic heterocycles. The highest BCUT2D eigenvalue weighted by Gasteiger charge is 2.74. The minimum Gasteiger partial charge on any atom is -0.496 e. The Labute approximate surface area is 194 Å². The summed E-state index contributed by atoms with van der Waals surface area (Å²) in [5, 5.41) is 2.29. The Balaban J connectivity index is 3.35. The Kier molecular flexibility index (Phi) is 7.61. The number of methoxy groups -OCH3 is 4. The van der Waals surface area contributed by atoms with Gasteiger partial charge in [0.2, 0.25) is 0 Å². The van der Waals surface area contributed by atoms with Gasteiger partial charge in [0.15, 0.2) is 0 Å². The first-order chi connectivity index (χ1) is 14.9. The number of ether oxygens (including phenoxy) is 4. The van der Waals surface area contributed by atoms with Gasteiger partial charge in [0.25, 0.3) is 0 Å². The molecule has 2 rings (SSSR count). The molecule has 0 fully saturated rings. The summed E-state index contributed by atoms with van der Waals surface area (Å²) >= 11 is 0. The molecular formula is C24H40O6Si2. The molecule has 0 bridgehead atoms. The molecule has 1 aromatic rings. The third-order valence-corrected chi connectivity index (χ3v) is 31.8. The minimum atomic E-state index is -2.22. The van der Waals surface area contributed by atoms with Gasteiger partial charge < -0.3 is 18.9 Å². The normalized spacial score (nSPS) is 16.1. The quantitative estimate of drug-likeness (QED) is 0.408. The first-order valence-corrected chi connectivity index (χ1v) is 16.7. The van der Waals surface area contributed by atoms with Gasteiger partial charge in [-0.05, 0) is 32.5 Å². The van der Waals surface area contributed by atoms with E-state index in [1.165, 1.54) is 14.2 Å². The largest absolute Gasteiger partial charge is 0.496 e. The van der Waals surface area contributed by atoms with Crippen LogP contribution in [0.3, 0.4) is 0 Å². The number of carbonyl (C=O) groups excluding carboxylic acids is 2. The van der Waals surface area contributed by atoms with Gasteiger partial charge in [0, 0.05) is 0 Å². The number of benzene rings is 1. The van der Waals surface area contributed by atoms with Crippen LogP contribution in [-0.2, 0) is 9.47 Å². The van der Waals surface area contributed by atoms with Crippen LogP contribution in [0, 0.1) is 0 Å². The lowest BCUT2D eigenvalue weighted by atomic mass is 10.0. The second kappa shape index (κ2) is 9.21. The van der Waals surface area contributed by atoms with Crippen LogP contribution in [0.15, 0.2) is 0 Å². The van der Waals surface area contributed by atoms with E-state index in [0.717, 1.165) is 10.4 Å². The monoisotopic (exact) mass is 480 g/mol. The van der Waals surface area contributed by atoms with Crippen molar-refractivity contribution < 1.29 is 28.5 Å². The van der Waals surface area contributed by atoms with Gasteiger partial charge in [-0.25, -0.2) is 9.59 Å². The summed E-state index contributed by atoms with van der Waals surface area (Å²) in [5.74, 6) is -0.280. The number of esters is 2. The zero-order chi connectivity index (χ0) is 24.8. The van der Waals surface area contributed by atoms with Crippen molar-refractivity contribution in [3.63, 3.8) is 0 Å². The summed E-state index contributed by atoms with van der Waals surface area (Å²) in [4.78, 5) is 26.1. The number of hydrogen-bond donors (Lipinski definition) is 0. The summed E-state index contributed by atoms with van der Waals surface area (Å²) in [6.45, 7) is 18.6. The lowest BCUT2D eigenvalue weighted by Gasteiger charge is -2.67. The van der Waals surface area contributed by atoms with Crippen LogP contribution in [-0.4, -0.2) is 55.6 Å². The summed E-state index contributed by atoms with van der Waals surface area (Å²) in [6.07, 6.45) is 0. The molecule has 8 heteroatoms. The summed E-state index contributed by atoms with van der Waals surface area (Å²) in [5.41, 5.74) is 1.95. The Morgan fingerprint density at radius 1 is 0.562 bits per heavy atom. The molecule has 180 valence electrons. The van der Waals surface area contributed by atoms with Gasteiger partial charge in [-0.3, -0.25) is 0 Å². The van der Waals surface area contributed by atoms with Crippen LogP contribution in [0.4, 0.5) is 0 Å². The van der Waals surface area contributed by atoms with Gasteiger partial charge in [0.05, 0.1) is 43.6 Å². The molecule has 1 aliphatic rings. The molecule has 0 saturated heterocycles. The zero-order valence-corrected chi connectivity index (χ0v) is 23.8. The van der Waals surface area contributed by atoms with Gasteiger partial charge in [-0.15, -0.1) is 0 Å². The van der Waals surface area contributed by atoms with E-state index in [0.29, 0.717) is 33.7 Å². The molecule has 0 atom stereocenters. The zero-order valence-electron chi connectivity index (χ0n) is 21.8. The van der Waals surface area contributed by atoms with Crippen molar-refractivity contribution >= 4 is 37.5 Å². The first-order valence-electron chi connectivity index (χ1n) is 11.4.